The largest absolute Gasteiger partial charge is 0.550 e. The highest BCUT2D eigenvalue weighted by Gasteiger charge is 2.50. The van der Waals surface area contributed by atoms with E-state index in [9.17, 15) is 9.90 Å². The van der Waals surface area contributed by atoms with Crippen LogP contribution in [0.3, 0.4) is 0 Å². The van der Waals surface area contributed by atoms with Gasteiger partial charge in [0.15, 0.2) is 0 Å². The fourth-order valence-corrected chi connectivity index (χ4v) is 8.74. The Morgan fingerprint density at radius 2 is 1.66 bits per heavy atom. The molecule has 0 unspecified atom stereocenters. The molecular formula is C24H29O4Si-. The molecule has 0 aliphatic carbocycles. The van der Waals surface area contributed by atoms with E-state index in [1.54, 1.807) is 0 Å². The minimum Gasteiger partial charge on any atom is -0.550 e. The van der Waals surface area contributed by atoms with Crippen LogP contribution in [0.5, 0.6) is 0 Å². The Kier molecular flexibility index (Phi) is 6.73. The van der Waals surface area contributed by atoms with Gasteiger partial charge in [-0.1, -0.05) is 93.6 Å². The number of carboxylic acid groups (broad SMARTS) is 1. The monoisotopic (exact) mass is 409 g/mol. The summed E-state index contributed by atoms with van der Waals surface area (Å²) in [5, 5.41) is 14.0. The van der Waals surface area contributed by atoms with Crippen LogP contribution in [0.25, 0.3) is 0 Å². The average Bonchev–Trinajstić information content (AvgIpc) is 2.72. The molecule has 0 amide bonds. The highest BCUT2D eigenvalue weighted by Crippen LogP contribution is 2.37. The number of rotatable bonds is 7. The maximum atomic E-state index is 12.0. The van der Waals surface area contributed by atoms with Crippen LogP contribution in [0.2, 0.25) is 5.04 Å². The van der Waals surface area contributed by atoms with E-state index in [1.807, 2.05) is 48.6 Å². The number of hydrogen-bond acceptors (Lipinski definition) is 4. The molecule has 2 aromatic rings. The molecule has 0 N–H and O–H groups in total. The van der Waals surface area contributed by atoms with Crippen molar-refractivity contribution in [1.29, 1.82) is 0 Å². The highest BCUT2D eigenvalue weighted by molar-refractivity contribution is 6.99. The summed E-state index contributed by atoms with van der Waals surface area (Å²) in [7, 11) is -2.78. The molecule has 1 heterocycles. The molecular weight excluding hydrogens is 380 g/mol. The SMILES string of the molecule is CC(C)(C)[Si](OC[C@H](C(=O)[O-])[C@@H]1C=CCOC1)(c1ccccc1)c1ccccc1. The van der Waals surface area contributed by atoms with Crippen LogP contribution in [0.15, 0.2) is 72.8 Å². The van der Waals surface area contributed by atoms with Crippen LogP contribution in [-0.2, 0) is 14.0 Å². The summed E-state index contributed by atoms with van der Waals surface area (Å²) in [6.45, 7) is 7.52. The summed E-state index contributed by atoms with van der Waals surface area (Å²) in [5.41, 5.74) is 0. The zero-order chi connectivity index (χ0) is 20.9. The molecule has 0 aromatic heterocycles. The van der Waals surface area contributed by atoms with Crippen LogP contribution in [0.1, 0.15) is 20.8 Å². The molecule has 2 atom stereocenters. The van der Waals surface area contributed by atoms with Gasteiger partial charge < -0.3 is 19.1 Å². The lowest BCUT2D eigenvalue weighted by atomic mass is 9.92. The number of carbonyl (C=O) groups excluding carboxylic acids is 1. The molecule has 1 aliphatic rings. The Labute approximate surface area is 174 Å². The normalized spacial score (nSPS) is 18.4. The van der Waals surface area contributed by atoms with Crippen molar-refractivity contribution in [2.75, 3.05) is 19.8 Å². The van der Waals surface area contributed by atoms with E-state index in [1.165, 1.54) is 0 Å². The molecule has 5 heteroatoms. The zero-order valence-electron chi connectivity index (χ0n) is 17.3. The fraction of sp³-hybridized carbons (Fsp3) is 0.375. The lowest BCUT2D eigenvalue weighted by Crippen LogP contribution is -2.67. The van der Waals surface area contributed by atoms with Gasteiger partial charge in [0.2, 0.25) is 0 Å². The molecule has 0 saturated carbocycles. The smallest absolute Gasteiger partial charge is 0.261 e. The molecule has 1 aliphatic heterocycles. The van der Waals surface area contributed by atoms with Gasteiger partial charge in [0.25, 0.3) is 8.32 Å². The van der Waals surface area contributed by atoms with E-state index in [2.05, 4.69) is 45.0 Å². The molecule has 0 fully saturated rings. The Bertz CT molecular complexity index is 787. The molecule has 0 bridgehead atoms. The van der Waals surface area contributed by atoms with E-state index in [-0.39, 0.29) is 17.6 Å². The Balaban J connectivity index is 2.04. The summed E-state index contributed by atoms with van der Waals surface area (Å²) in [6, 6.07) is 20.4. The van der Waals surface area contributed by atoms with Gasteiger partial charge in [-0.2, -0.15) is 0 Å². The van der Waals surface area contributed by atoms with Gasteiger partial charge in [-0.15, -0.1) is 0 Å². The van der Waals surface area contributed by atoms with Gasteiger partial charge in [-0.3, -0.25) is 0 Å². The molecule has 0 spiro atoms. The van der Waals surface area contributed by atoms with Gasteiger partial charge in [0.1, 0.15) is 0 Å². The second kappa shape index (κ2) is 9.07. The summed E-state index contributed by atoms with van der Waals surface area (Å²) >= 11 is 0. The van der Waals surface area contributed by atoms with Crippen LogP contribution >= 0.6 is 0 Å². The van der Waals surface area contributed by atoms with E-state index < -0.39 is 20.2 Å². The maximum Gasteiger partial charge on any atom is 0.261 e. The predicted octanol–water partition coefficient (Wildman–Crippen LogP) is 2.13. The molecule has 29 heavy (non-hydrogen) atoms. The van der Waals surface area contributed by atoms with Crippen molar-refractivity contribution in [2.45, 2.75) is 25.8 Å². The van der Waals surface area contributed by atoms with E-state index in [4.69, 9.17) is 9.16 Å². The predicted molar refractivity (Wildman–Crippen MR) is 116 cm³/mol. The van der Waals surface area contributed by atoms with Crippen molar-refractivity contribution in [1.82, 2.24) is 0 Å². The second-order valence-electron chi connectivity index (χ2n) is 8.53. The molecule has 3 rings (SSSR count). The minimum atomic E-state index is -2.78. The third kappa shape index (κ3) is 4.52. The van der Waals surface area contributed by atoms with Crippen molar-refractivity contribution in [3.8, 4) is 0 Å². The van der Waals surface area contributed by atoms with Crippen LogP contribution in [0, 0.1) is 11.8 Å². The third-order valence-electron chi connectivity index (χ3n) is 5.62. The summed E-state index contributed by atoms with van der Waals surface area (Å²) < 4.78 is 12.2. The lowest BCUT2D eigenvalue weighted by molar-refractivity contribution is -0.314. The molecule has 4 nitrogen and oxygen atoms in total. The van der Waals surface area contributed by atoms with E-state index in [0.29, 0.717) is 13.2 Å². The molecule has 0 saturated heterocycles. The lowest BCUT2D eigenvalue weighted by Gasteiger charge is -2.44. The number of aliphatic carboxylic acids is 1. The van der Waals surface area contributed by atoms with Crippen molar-refractivity contribution in [3.05, 3.63) is 72.8 Å². The average molecular weight is 410 g/mol. The fourth-order valence-electron chi connectivity index (χ4n) is 4.15. The maximum absolute atomic E-state index is 12.0. The third-order valence-corrected chi connectivity index (χ3v) is 10.6. The van der Waals surface area contributed by atoms with Crippen LogP contribution in [-0.4, -0.2) is 34.1 Å². The topological polar surface area (TPSA) is 58.6 Å². The Morgan fingerprint density at radius 1 is 1.10 bits per heavy atom. The summed E-state index contributed by atoms with van der Waals surface area (Å²) in [6.07, 6.45) is 3.78. The second-order valence-corrected chi connectivity index (χ2v) is 12.8. The first kappa shape index (κ1) is 21.5. The van der Waals surface area contributed by atoms with Gasteiger partial charge in [-0.25, -0.2) is 0 Å². The number of benzene rings is 2. The van der Waals surface area contributed by atoms with Crippen molar-refractivity contribution in [2.24, 2.45) is 11.8 Å². The molecule has 154 valence electrons. The van der Waals surface area contributed by atoms with Gasteiger partial charge in [0, 0.05) is 24.4 Å². The van der Waals surface area contributed by atoms with E-state index >= 15 is 0 Å². The number of hydrogen-bond donors (Lipinski definition) is 0. The van der Waals surface area contributed by atoms with Crippen LogP contribution < -0.4 is 15.5 Å². The molecule has 0 radical (unpaired) electrons. The van der Waals surface area contributed by atoms with Crippen molar-refractivity contribution in [3.63, 3.8) is 0 Å². The molecule has 2 aromatic carbocycles. The summed E-state index contributed by atoms with van der Waals surface area (Å²) in [5.74, 6) is -2.09. The minimum absolute atomic E-state index is 0.0913. The van der Waals surface area contributed by atoms with Gasteiger partial charge >= 0.3 is 0 Å². The van der Waals surface area contributed by atoms with Crippen molar-refractivity contribution >= 4 is 24.7 Å². The quantitative estimate of drug-likeness (QED) is 0.519. The number of carboxylic acids is 1. The van der Waals surface area contributed by atoms with Gasteiger partial charge in [0.05, 0.1) is 13.2 Å². The summed E-state index contributed by atoms with van der Waals surface area (Å²) in [4.78, 5) is 12.0. The van der Waals surface area contributed by atoms with Crippen LogP contribution in [0.4, 0.5) is 0 Å². The first-order valence-electron chi connectivity index (χ1n) is 10.1. The number of ether oxygens (including phenoxy) is 1. The first-order chi connectivity index (χ1) is 13.9. The Morgan fingerprint density at radius 3 is 2.07 bits per heavy atom. The van der Waals surface area contributed by atoms with Crippen molar-refractivity contribution < 1.29 is 19.1 Å². The zero-order valence-corrected chi connectivity index (χ0v) is 18.3. The Hall–Kier alpha value is -2.21. The van der Waals surface area contributed by atoms with Gasteiger partial charge in [-0.05, 0) is 15.4 Å². The van der Waals surface area contributed by atoms with E-state index in [0.717, 1.165) is 10.4 Å². The highest BCUT2D eigenvalue weighted by atomic mass is 28.4. The first-order valence-corrected chi connectivity index (χ1v) is 12.0. The standard InChI is InChI=1S/C24H30O4Si/c1-24(2,3)29(20-12-6-4-7-13-20,21-14-8-5-9-15-21)28-18-22(23(25)26)19-11-10-16-27-17-19/h4-15,19,22H,16-18H2,1-3H3,(H,25,26)/p-1/t19-,22+/m1/s1. The number of carbonyl (C=O) groups is 1.